The maximum atomic E-state index is 12.2. The van der Waals surface area contributed by atoms with Gasteiger partial charge in [-0.05, 0) is 62.2 Å². The molecule has 0 aliphatic heterocycles. The van der Waals surface area contributed by atoms with Gasteiger partial charge in [-0.25, -0.2) is 4.79 Å². The Morgan fingerprint density at radius 3 is 2.41 bits per heavy atom. The molecular formula is C21H25NO5. The van der Waals surface area contributed by atoms with Crippen LogP contribution in [-0.4, -0.2) is 32.2 Å². The van der Waals surface area contributed by atoms with Gasteiger partial charge in [-0.2, -0.15) is 0 Å². The van der Waals surface area contributed by atoms with Gasteiger partial charge in [0.2, 0.25) is 5.91 Å². The van der Waals surface area contributed by atoms with Crippen molar-refractivity contribution in [2.75, 3.05) is 25.6 Å². The van der Waals surface area contributed by atoms with Gasteiger partial charge >= 0.3 is 5.97 Å². The third-order valence-electron chi connectivity index (χ3n) is 3.98. The Morgan fingerprint density at radius 2 is 1.74 bits per heavy atom. The van der Waals surface area contributed by atoms with E-state index in [0.29, 0.717) is 42.9 Å². The molecule has 0 unspecified atom stereocenters. The molecule has 0 spiro atoms. The van der Waals surface area contributed by atoms with Crippen LogP contribution in [0.1, 0.15) is 35.7 Å². The first kappa shape index (κ1) is 20.3. The first-order chi connectivity index (χ1) is 13.0. The molecule has 1 amide bonds. The molecule has 27 heavy (non-hydrogen) atoms. The van der Waals surface area contributed by atoms with Gasteiger partial charge in [-0.1, -0.05) is 6.07 Å². The number of hydrogen-bond acceptors (Lipinski definition) is 5. The molecule has 0 bridgehead atoms. The maximum absolute atomic E-state index is 12.2. The van der Waals surface area contributed by atoms with E-state index in [9.17, 15) is 9.59 Å². The number of anilines is 1. The fourth-order valence-electron chi connectivity index (χ4n) is 2.51. The molecule has 0 radical (unpaired) electrons. The van der Waals surface area contributed by atoms with Crippen molar-refractivity contribution in [3.8, 4) is 11.5 Å². The van der Waals surface area contributed by atoms with Gasteiger partial charge in [-0.15, -0.1) is 0 Å². The molecule has 2 aromatic carbocycles. The van der Waals surface area contributed by atoms with E-state index in [1.807, 2.05) is 24.3 Å². The van der Waals surface area contributed by atoms with Crippen LogP contribution in [0.2, 0.25) is 0 Å². The second kappa shape index (κ2) is 10.2. The minimum atomic E-state index is -0.390. The van der Waals surface area contributed by atoms with Gasteiger partial charge < -0.3 is 19.5 Å². The molecule has 0 fully saturated rings. The lowest BCUT2D eigenvalue weighted by Gasteiger charge is -2.12. The van der Waals surface area contributed by atoms with E-state index in [1.165, 1.54) is 0 Å². The molecule has 0 aliphatic rings. The summed E-state index contributed by atoms with van der Waals surface area (Å²) in [5.74, 6) is 0.979. The number of ether oxygens (including phenoxy) is 3. The van der Waals surface area contributed by atoms with E-state index in [2.05, 4.69) is 5.32 Å². The lowest BCUT2D eigenvalue weighted by molar-refractivity contribution is -0.116. The van der Waals surface area contributed by atoms with Crippen LogP contribution < -0.4 is 14.8 Å². The summed E-state index contributed by atoms with van der Waals surface area (Å²) in [5.41, 5.74) is 1.76. The second-order valence-corrected chi connectivity index (χ2v) is 5.87. The average Bonchev–Trinajstić information content (AvgIpc) is 2.67. The van der Waals surface area contributed by atoms with Crippen molar-refractivity contribution in [1.29, 1.82) is 0 Å². The highest BCUT2D eigenvalue weighted by Gasteiger charge is 2.13. The Hall–Kier alpha value is -3.02. The van der Waals surface area contributed by atoms with E-state index in [4.69, 9.17) is 14.2 Å². The van der Waals surface area contributed by atoms with Crippen LogP contribution in [0, 0.1) is 6.92 Å². The minimum absolute atomic E-state index is 0.127. The Morgan fingerprint density at radius 1 is 1.04 bits per heavy atom. The zero-order valence-electron chi connectivity index (χ0n) is 15.9. The summed E-state index contributed by atoms with van der Waals surface area (Å²) < 4.78 is 15.7. The highest BCUT2D eigenvalue weighted by Crippen LogP contribution is 2.20. The molecule has 0 atom stereocenters. The highest BCUT2D eigenvalue weighted by molar-refractivity contribution is 5.96. The fraction of sp³-hybridized carbons (Fsp3) is 0.333. The van der Waals surface area contributed by atoms with Crippen LogP contribution >= 0.6 is 0 Å². The zero-order chi connectivity index (χ0) is 19.6. The Balaban J connectivity index is 1.81. The molecule has 2 rings (SSSR count). The predicted molar refractivity (Wildman–Crippen MR) is 103 cm³/mol. The van der Waals surface area contributed by atoms with Gasteiger partial charge in [0.25, 0.3) is 0 Å². The van der Waals surface area contributed by atoms with Crippen molar-refractivity contribution >= 4 is 17.6 Å². The van der Waals surface area contributed by atoms with E-state index in [0.717, 1.165) is 11.5 Å². The van der Waals surface area contributed by atoms with E-state index in [-0.39, 0.29) is 11.9 Å². The van der Waals surface area contributed by atoms with E-state index < -0.39 is 0 Å². The van der Waals surface area contributed by atoms with Gasteiger partial charge in [0.05, 0.1) is 25.9 Å². The number of amides is 1. The van der Waals surface area contributed by atoms with Crippen molar-refractivity contribution in [2.24, 2.45) is 0 Å². The third-order valence-corrected chi connectivity index (χ3v) is 3.98. The average molecular weight is 371 g/mol. The fourth-order valence-corrected chi connectivity index (χ4v) is 2.51. The smallest absolute Gasteiger partial charge is 0.338 e. The summed E-state index contributed by atoms with van der Waals surface area (Å²) in [6.45, 7) is 4.28. The summed E-state index contributed by atoms with van der Waals surface area (Å²) in [7, 11) is 1.61. The second-order valence-electron chi connectivity index (χ2n) is 5.87. The topological polar surface area (TPSA) is 73.9 Å². The van der Waals surface area contributed by atoms with Gasteiger partial charge in [0.1, 0.15) is 11.5 Å². The Bertz CT molecular complexity index is 771. The van der Waals surface area contributed by atoms with Crippen molar-refractivity contribution in [3.63, 3.8) is 0 Å². The standard InChI is InChI=1S/C21H25NO5/c1-4-26-21(24)18-7-5-8-19(15(18)2)22-20(23)9-6-14-27-17-12-10-16(25-3)11-13-17/h5,7-8,10-13H,4,6,9,14H2,1-3H3,(H,22,23). The molecule has 0 saturated heterocycles. The van der Waals surface area contributed by atoms with Crippen LogP contribution in [-0.2, 0) is 9.53 Å². The van der Waals surface area contributed by atoms with Crippen LogP contribution in [0.3, 0.4) is 0 Å². The van der Waals surface area contributed by atoms with Crippen LogP contribution in [0.15, 0.2) is 42.5 Å². The first-order valence-electron chi connectivity index (χ1n) is 8.88. The van der Waals surface area contributed by atoms with Crippen LogP contribution in [0.5, 0.6) is 11.5 Å². The number of carbonyl (C=O) groups is 2. The summed E-state index contributed by atoms with van der Waals surface area (Å²) in [4.78, 5) is 24.1. The zero-order valence-corrected chi connectivity index (χ0v) is 15.9. The van der Waals surface area contributed by atoms with Crippen molar-refractivity contribution < 1.29 is 23.8 Å². The minimum Gasteiger partial charge on any atom is -0.497 e. The molecule has 1 N–H and O–H groups in total. The van der Waals surface area contributed by atoms with Crippen LogP contribution in [0.25, 0.3) is 0 Å². The molecule has 0 aromatic heterocycles. The van der Waals surface area contributed by atoms with Gasteiger partial charge in [0, 0.05) is 12.1 Å². The number of methoxy groups -OCH3 is 1. The Kier molecular flexibility index (Phi) is 7.67. The maximum Gasteiger partial charge on any atom is 0.338 e. The number of nitrogens with one attached hydrogen (secondary N) is 1. The number of hydrogen-bond donors (Lipinski definition) is 1. The van der Waals surface area contributed by atoms with Gasteiger partial charge in [-0.3, -0.25) is 4.79 Å². The van der Waals surface area contributed by atoms with Crippen molar-refractivity contribution in [1.82, 2.24) is 0 Å². The monoisotopic (exact) mass is 371 g/mol. The largest absolute Gasteiger partial charge is 0.497 e. The first-order valence-corrected chi connectivity index (χ1v) is 8.88. The number of benzene rings is 2. The normalized spacial score (nSPS) is 10.2. The SMILES string of the molecule is CCOC(=O)c1cccc(NC(=O)CCCOc2ccc(OC)cc2)c1C. The molecule has 0 saturated carbocycles. The predicted octanol–water partition coefficient (Wildman–Crippen LogP) is 3.98. The number of carbonyl (C=O) groups excluding carboxylic acids is 2. The van der Waals surface area contributed by atoms with Gasteiger partial charge in [0.15, 0.2) is 0 Å². The molecule has 6 heteroatoms. The molecular weight excluding hydrogens is 346 g/mol. The number of esters is 1. The quantitative estimate of drug-likeness (QED) is 0.533. The van der Waals surface area contributed by atoms with Crippen LogP contribution in [0.4, 0.5) is 5.69 Å². The Labute approximate surface area is 159 Å². The highest BCUT2D eigenvalue weighted by atomic mass is 16.5. The molecule has 0 aliphatic carbocycles. The molecule has 144 valence electrons. The van der Waals surface area contributed by atoms with Crippen molar-refractivity contribution in [3.05, 3.63) is 53.6 Å². The summed E-state index contributed by atoms with van der Waals surface area (Å²) in [6.07, 6.45) is 0.897. The van der Waals surface area contributed by atoms with E-state index in [1.54, 1.807) is 39.2 Å². The molecule has 0 heterocycles. The summed E-state index contributed by atoms with van der Waals surface area (Å²) in [6, 6.07) is 12.5. The lowest BCUT2D eigenvalue weighted by Crippen LogP contribution is -2.15. The lowest BCUT2D eigenvalue weighted by atomic mass is 10.1. The van der Waals surface area contributed by atoms with E-state index >= 15 is 0 Å². The molecule has 6 nitrogen and oxygen atoms in total. The summed E-state index contributed by atoms with van der Waals surface area (Å²) in [5, 5.41) is 2.84. The summed E-state index contributed by atoms with van der Waals surface area (Å²) >= 11 is 0. The third kappa shape index (κ3) is 6.02. The number of rotatable bonds is 9. The van der Waals surface area contributed by atoms with Crippen molar-refractivity contribution in [2.45, 2.75) is 26.7 Å². The molecule has 2 aromatic rings.